The molecule has 100 heavy (non-hydrogen) atoms. The van der Waals surface area contributed by atoms with Crippen molar-refractivity contribution in [2.75, 3.05) is 45.9 Å². The molecule has 0 aromatic heterocycles. The molecule has 0 aliphatic carbocycles. The van der Waals surface area contributed by atoms with E-state index in [2.05, 4.69) is 212 Å². The fraction of sp³-hybridized carbons (Fsp3) is 0.881. The van der Waals surface area contributed by atoms with Crippen molar-refractivity contribution in [2.45, 2.75) is 359 Å². The number of aliphatic imine (C=N–C) groups is 4. The molecule has 0 aromatic carbocycles. The lowest BCUT2D eigenvalue weighted by molar-refractivity contribution is 0.0521. The van der Waals surface area contributed by atoms with E-state index in [1.54, 1.807) is 0 Å². The predicted octanol–water partition coefficient (Wildman–Crippen LogP) is 24.4. The van der Waals surface area contributed by atoms with E-state index in [0.29, 0.717) is 65.5 Å². The standard InChI is InChI=1S/4C7H13N.3C6H12N2.3C6H11NO.10C2H6/c2*1-6(2)7-3-4-8-5-7;2*1-6(2)7-4-3-5-8-7;1-5(2)6-3-7-8-4-6;2*1-5(2)6-3-4-7-8-6;1-5(2)6-3-7-8-4-6;1-5(2)6-3-4-8-7-6;1-5(2)6-3-4-7-8-6;10*1-2/h5-7H,3-4H2,1-2H3;4,6-7H,3,5H2,1-2H3;6H,3-5H2,1-2H3;5-7H,3-4H2,1-2H3;3,5-6,8H,4H2,1-2H3;5,7H,3-4H2,1-2H3;4-6,8H,3H2,1-2H3;3,5-6H,4H2,1-2H3;5H,3-4H2,1-2H3;4-6H,3H2,1-2H3;10*1-2H3. The number of nitrogens with one attached hydrogen (secondary N) is 3. The van der Waals surface area contributed by atoms with Gasteiger partial charge in [-0.1, -0.05) is 292 Å². The molecule has 16 heteroatoms. The molecule has 10 aliphatic rings. The molecule has 600 valence electrons. The van der Waals surface area contributed by atoms with Crippen molar-refractivity contribution in [3.63, 3.8) is 0 Å². The lowest BCUT2D eigenvalue weighted by atomic mass is 9.95. The minimum absolute atomic E-state index is 0.343. The highest BCUT2D eigenvalue weighted by Gasteiger charge is 2.19. The Balaban J connectivity index is -0.000000109. The third-order valence-corrected chi connectivity index (χ3v) is 15.3. The average molecular weight is 1420 g/mol. The monoisotopic (exact) mass is 1420 g/mol. The van der Waals surface area contributed by atoms with Crippen molar-refractivity contribution in [2.24, 2.45) is 134 Å². The molecule has 0 fully saturated rings. The van der Waals surface area contributed by atoms with Crippen molar-refractivity contribution in [3.8, 4) is 0 Å². The van der Waals surface area contributed by atoms with Crippen molar-refractivity contribution in [3.05, 3.63) is 0 Å². The van der Waals surface area contributed by atoms with Gasteiger partial charge in [-0.15, -0.1) is 0 Å². The molecule has 3 N–H and O–H groups in total. The topological polar surface area (TPSA) is 187 Å². The van der Waals surface area contributed by atoms with E-state index in [1.807, 2.05) is 176 Å². The zero-order valence-electron chi connectivity index (χ0n) is 74.6. The molecule has 0 radical (unpaired) electrons. The van der Waals surface area contributed by atoms with Crippen LogP contribution < -0.4 is 16.3 Å². The van der Waals surface area contributed by atoms with Gasteiger partial charge < -0.3 is 30.8 Å². The van der Waals surface area contributed by atoms with Crippen LogP contribution >= 0.6 is 0 Å². The summed E-state index contributed by atoms with van der Waals surface area (Å²) in [6.45, 7) is 90.8. The van der Waals surface area contributed by atoms with Crippen LogP contribution in [0.25, 0.3) is 0 Å². The normalized spacial score (nSPS) is 20.3. The first-order chi connectivity index (χ1) is 48.0. The number of oxime groups is 3. The van der Waals surface area contributed by atoms with Crippen molar-refractivity contribution < 1.29 is 14.5 Å². The summed E-state index contributed by atoms with van der Waals surface area (Å²) in [7, 11) is 0. The van der Waals surface area contributed by atoms with E-state index in [0.717, 1.165) is 107 Å². The summed E-state index contributed by atoms with van der Waals surface area (Å²) in [6.07, 6.45) is 25.9. The van der Waals surface area contributed by atoms with Crippen LogP contribution in [0.2, 0.25) is 0 Å². The molecule has 0 bridgehead atoms. The maximum Gasteiger partial charge on any atom is 0.134 e. The highest BCUT2D eigenvalue weighted by molar-refractivity contribution is 5.88. The maximum absolute atomic E-state index is 4.98. The first-order valence-corrected chi connectivity index (χ1v) is 41.4. The molecule has 7 atom stereocenters. The molecule has 10 rings (SSSR count). The number of hydrogen-bond acceptors (Lipinski definition) is 16. The van der Waals surface area contributed by atoms with Gasteiger partial charge in [0, 0.05) is 107 Å². The molecule has 10 heterocycles. The number of nitrogens with zero attached hydrogens (tertiary/aromatic N) is 10. The molecule has 0 aromatic rings. The summed E-state index contributed by atoms with van der Waals surface area (Å²) in [4.78, 5) is 31.6. The summed E-state index contributed by atoms with van der Waals surface area (Å²) < 4.78 is 0. The van der Waals surface area contributed by atoms with Gasteiger partial charge in [0.15, 0.2) is 0 Å². The van der Waals surface area contributed by atoms with Gasteiger partial charge in [-0.05, 0) is 122 Å². The number of hydrogen-bond donors (Lipinski definition) is 3. The predicted molar refractivity (Wildman–Crippen MR) is 462 cm³/mol. The van der Waals surface area contributed by atoms with Crippen LogP contribution in [0.15, 0.2) is 50.7 Å². The molecule has 0 saturated carbocycles. The summed E-state index contributed by atoms with van der Waals surface area (Å²) in [5, 5.41) is 23.1. The molecule has 10 aliphatic heterocycles. The zero-order valence-corrected chi connectivity index (χ0v) is 74.6. The maximum atomic E-state index is 4.98. The van der Waals surface area contributed by atoms with Gasteiger partial charge in [0.25, 0.3) is 0 Å². The summed E-state index contributed by atoms with van der Waals surface area (Å²) in [5.74, 6) is 9.77. The van der Waals surface area contributed by atoms with Crippen LogP contribution in [0.3, 0.4) is 0 Å². The summed E-state index contributed by atoms with van der Waals surface area (Å²) in [6, 6.07) is 1.23. The summed E-state index contributed by atoms with van der Waals surface area (Å²) >= 11 is 0. The first-order valence-electron chi connectivity index (χ1n) is 41.4. The Hall–Kier alpha value is -4.50. The fourth-order valence-corrected chi connectivity index (χ4v) is 8.51. The number of hydrazone groups is 3. The van der Waals surface area contributed by atoms with Gasteiger partial charge in [-0.25, -0.2) is 0 Å². The van der Waals surface area contributed by atoms with Crippen LogP contribution in [0, 0.1) is 82.9 Å². The molecule has 0 saturated heterocycles. The number of rotatable bonds is 10. The third kappa shape index (κ3) is 71.9. The second kappa shape index (κ2) is 90.6. The van der Waals surface area contributed by atoms with Crippen LogP contribution in [-0.4, -0.2) is 125 Å². The van der Waals surface area contributed by atoms with Crippen LogP contribution in [-0.2, 0) is 14.5 Å². The van der Waals surface area contributed by atoms with Gasteiger partial charge >= 0.3 is 0 Å². The molecular weight excluding hydrogens is 1240 g/mol. The van der Waals surface area contributed by atoms with E-state index in [4.69, 9.17) is 14.5 Å². The second-order valence-corrected chi connectivity index (χ2v) is 25.6. The van der Waals surface area contributed by atoms with Crippen LogP contribution in [0.5, 0.6) is 0 Å². The first kappa shape index (κ1) is 117. The van der Waals surface area contributed by atoms with Gasteiger partial charge in [-0.3, -0.25) is 20.0 Å². The fourth-order valence-electron chi connectivity index (χ4n) is 8.51. The lowest BCUT2D eigenvalue weighted by Crippen LogP contribution is -2.24. The molecule has 0 amide bonds. The lowest BCUT2D eigenvalue weighted by Gasteiger charge is -2.12. The Morgan fingerprint density at radius 1 is 0.430 bits per heavy atom. The highest BCUT2D eigenvalue weighted by atomic mass is 16.6. The minimum Gasteiger partial charge on any atom is -0.395 e. The van der Waals surface area contributed by atoms with Gasteiger partial charge in [0.05, 0.1) is 24.0 Å². The van der Waals surface area contributed by atoms with Crippen LogP contribution in [0.4, 0.5) is 0 Å². The Labute approximate surface area is 627 Å². The van der Waals surface area contributed by atoms with Crippen LogP contribution in [0.1, 0.15) is 341 Å². The third-order valence-electron chi connectivity index (χ3n) is 15.3. The zero-order chi connectivity index (χ0) is 79.8. The molecule has 16 nitrogen and oxygen atoms in total. The molecule has 7 unspecified atom stereocenters. The molecule has 0 spiro atoms. The van der Waals surface area contributed by atoms with Crippen molar-refractivity contribution in [1.29, 1.82) is 0 Å². The Kier molecular flexibility index (Phi) is 106. The SMILES string of the molecule is CC.CC.CC.CC.CC.CC.CC.CC.CC.CC.CC(C)C1=NCCC1.CC(C)C1=NNCC1.CC(C)C1=NOCC1.CC(C)C1C=NCC1.CC(C)C1C=NNC1.CC(C)C1C=NOC1.CC(C)C1CC=NC1.CC(C)C1CC=NN1.CC(C)C1CC=NO1.CC(C)C1CCC=N1. The smallest absolute Gasteiger partial charge is 0.134 e. The largest absolute Gasteiger partial charge is 0.395 e. The quantitative estimate of drug-likeness (QED) is 0.195. The summed E-state index contributed by atoms with van der Waals surface area (Å²) in [5.41, 5.74) is 12.8. The minimum atomic E-state index is 0.343. The van der Waals surface area contributed by atoms with E-state index in [1.165, 1.54) is 55.7 Å². The Morgan fingerprint density at radius 2 is 0.990 bits per heavy atom. The van der Waals surface area contributed by atoms with Gasteiger partial charge in [0.1, 0.15) is 19.3 Å². The second-order valence-electron chi connectivity index (χ2n) is 25.6. The van der Waals surface area contributed by atoms with Crippen molar-refractivity contribution >= 4 is 60.6 Å². The van der Waals surface area contributed by atoms with Gasteiger partial charge in [-0.2, -0.15) is 15.3 Å². The Bertz CT molecular complexity index is 1630. The van der Waals surface area contributed by atoms with E-state index in [-0.39, 0.29) is 0 Å². The average Bonchev–Trinajstić information content (AvgIpc) is 3.90. The van der Waals surface area contributed by atoms with E-state index in [9.17, 15) is 0 Å². The Morgan fingerprint density at radius 3 is 1.19 bits per heavy atom. The van der Waals surface area contributed by atoms with E-state index >= 15 is 0 Å². The van der Waals surface area contributed by atoms with E-state index < -0.39 is 0 Å². The van der Waals surface area contributed by atoms with Gasteiger partial charge in [0.2, 0.25) is 0 Å². The van der Waals surface area contributed by atoms with Crippen molar-refractivity contribution in [1.82, 2.24) is 16.3 Å². The molecular formula is C84H181N13O3. The highest BCUT2D eigenvalue weighted by Crippen LogP contribution is 2.20.